The highest BCUT2D eigenvalue weighted by Crippen LogP contribution is 2.57. The molecule has 1 saturated heterocycles. The van der Waals surface area contributed by atoms with Crippen LogP contribution in [0.25, 0.3) is 0 Å². The van der Waals surface area contributed by atoms with E-state index in [2.05, 4.69) is 53.4 Å². The third kappa shape index (κ3) is 2.26. The molecule has 0 radical (unpaired) electrons. The molecule has 134 valence electrons. The van der Waals surface area contributed by atoms with Gasteiger partial charge >= 0.3 is 5.97 Å². The molecule has 0 amide bonds. The summed E-state index contributed by atoms with van der Waals surface area (Å²) in [4.78, 5) is 15.6. The van der Waals surface area contributed by atoms with Crippen LogP contribution >= 0.6 is 0 Å². The monoisotopic (exact) mass is 347 g/mol. The number of fused-ring (bicyclic) bond motifs is 7. The van der Waals surface area contributed by atoms with E-state index < -0.39 is 0 Å². The maximum absolute atomic E-state index is 13.0. The quantitative estimate of drug-likeness (QED) is 0.767. The fraction of sp³-hybridized carbons (Fsp3) is 0.435. The SMILES string of the molecule is CCOC(=O)[C@@H]1[C@H]2CCc3ccccc3[C@H]2N2CCc3ccccc3[C@H]12. The highest BCUT2D eigenvalue weighted by Gasteiger charge is 2.55. The molecule has 0 unspecified atom stereocenters. The third-order valence-electron chi connectivity index (χ3n) is 6.61. The van der Waals surface area contributed by atoms with E-state index in [0.29, 0.717) is 18.6 Å². The second-order valence-electron chi connectivity index (χ2n) is 7.76. The van der Waals surface area contributed by atoms with Crippen molar-refractivity contribution in [2.24, 2.45) is 11.8 Å². The van der Waals surface area contributed by atoms with Gasteiger partial charge in [-0.15, -0.1) is 0 Å². The molecule has 2 aromatic rings. The molecule has 1 fully saturated rings. The van der Waals surface area contributed by atoms with Gasteiger partial charge in [0.15, 0.2) is 0 Å². The largest absolute Gasteiger partial charge is 0.466 e. The van der Waals surface area contributed by atoms with Gasteiger partial charge in [-0.1, -0.05) is 48.5 Å². The molecule has 0 aromatic heterocycles. The molecular weight excluding hydrogens is 322 g/mol. The lowest BCUT2D eigenvalue weighted by Gasteiger charge is -2.38. The van der Waals surface area contributed by atoms with Crippen LogP contribution in [0, 0.1) is 11.8 Å². The second-order valence-corrected chi connectivity index (χ2v) is 7.76. The number of aryl methyl sites for hydroxylation is 1. The van der Waals surface area contributed by atoms with Crippen molar-refractivity contribution in [3.05, 3.63) is 70.8 Å². The maximum atomic E-state index is 13.0. The van der Waals surface area contributed by atoms with Crippen LogP contribution in [-0.2, 0) is 22.4 Å². The highest BCUT2D eigenvalue weighted by atomic mass is 16.5. The van der Waals surface area contributed by atoms with Crippen molar-refractivity contribution < 1.29 is 9.53 Å². The summed E-state index contributed by atoms with van der Waals surface area (Å²) >= 11 is 0. The number of carbonyl (C=O) groups is 1. The summed E-state index contributed by atoms with van der Waals surface area (Å²) in [5.41, 5.74) is 5.62. The first-order chi connectivity index (χ1) is 12.8. The van der Waals surface area contributed by atoms with Gasteiger partial charge in [0.2, 0.25) is 0 Å². The Hall–Kier alpha value is -2.13. The molecule has 5 rings (SSSR count). The van der Waals surface area contributed by atoms with Crippen molar-refractivity contribution in [2.45, 2.75) is 38.3 Å². The van der Waals surface area contributed by atoms with E-state index in [1.54, 1.807) is 0 Å². The molecule has 2 heterocycles. The molecule has 26 heavy (non-hydrogen) atoms. The van der Waals surface area contributed by atoms with Crippen LogP contribution in [0.1, 0.15) is 47.7 Å². The van der Waals surface area contributed by atoms with Crippen LogP contribution in [0.3, 0.4) is 0 Å². The summed E-state index contributed by atoms with van der Waals surface area (Å²) in [6, 6.07) is 18.0. The Balaban J connectivity index is 1.65. The molecule has 1 aliphatic carbocycles. The Labute approximate surface area is 155 Å². The Kier molecular flexibility index (Phi) is 3.86. The average Bonchev–Trinajstić information content (AvgIpc) is 3.03. The van der Waals surface area contributed by atoms with Crippen LogP contribution in [0.5, 0.6) is 0 Å². The summed E-state index contributed by atoms with van der Waals surface area (Å²) in [5.74, 6) is 0.279. The number of rotatable bonds is 2. The molecular formula is C23H25NO2. The van der Waals surface area contributed by atoms with Crippen molar-refractivity contribution in [2.75, 3.05) is 13.2 Å². The molecule has 3 heteroatoms. The summed E-state index contributed by atoms with van der Waals surface area (Å²) in [6.07, 6.45) is 3.20. The van der Waals surface area contributed by atoms with Crippen molar-refractivity contribution >= 4 is 5.97 Å². The number of benzene rings is 2. The molecule has 2 aromatic carbocycles. The Morgan fingerprint density at radius 2 is 1.65 bits per heavy atom. The van der Waals surface area contributed by atoms with Crippen molar-refractivity contribution in [3.63, 3.8) is 0 Å². The Bertz CT molecular complexity index is 846. The van der Waals surface area contributed by atoms with E-state index >= 15 is 0 Å². The van der Waals surface area contributed by atoms with Gasteiger partial charge in [0, 0.05) is 18.6 Å². The number of nitrogens with zero attached hydrogens (tertiary/aromatic N) is 1. The number of esters is 1. The van der Waals surface area contributed by atoms with Gasteiger partial charge in [0.05, 0.1) is 12.5 Å². The average molecular weight is 347 g/mol. The van der Waals surface area contributed by atoms with Gasteiger partial charge < -0.3 is 4.74 Å². The van der Waals surface area contributed by atoms with Crippen molar-refractivity contribution in [1.29, 1.82) is 0 Å². The lowest BCUT2D eigenvalue weighted by molar-refractivity contribution is -0.150. The predicted octanol–water partition coefficient (Wildman–Crippen LogP) is 4.08. The van der Waals surface area contributed by atoms with Gasteiger partial charge in [0.1, 0.15) is 0 Å². The number of ether oxygens (including phenoxy) is 1. The van der Waals surface area contributed by atoms with E-state index in [-0.39, 0.29) is 17.9 Å². The minimum atomic E-state index is -0.0604. The third-order valence-corrected chi connectivity index (χ3v) is 6.61. The zero-order valence-electron chi connectivity index (χ0n) is 15.2. The first-order valence-electron chi connectivity index (χ1n) is 9.87. The van der Waals surface area contributed by atoms with E-state index in [1.165, 1.54) is 22.3 Å². The van der Waals surface area contributed by atoms with Gasteiger partial charge in [-0.05, 0) is 54.4 Å². The van der Waals surface area contributed by atoms with E-state index in [4.69, 9.17) is 4.74 Å². The molecule has 3 nitrogen and oxygen atoms in total. The zero-order chi connectivity index (χ0) is 17.7. The molecule has 0 N–H and O–H groups in total. The minimum absolute atomic E-state index is 0.00826. The van der Waals surface area contributed by atoms with Crippen LogP contribution in [0.2, 0.25) is 0 Å². The maximum Gasteiger partial charge on any atom is 0.311 e. The summed E-state index contributed by atoms with van der Waals surface area (Å²) in [7, 11) is 0. The number of hydrogen-bond donors (Lipinski definition) is 0. The van der Waals surface area contributed by atoms with Gasteiger partial charge in [-0.25, -0.2) is 0 Å². The van der Waals surface area contributed by atoms with Crippen LogP contribution in [0.4, 0.5) is 0 Å². The lowest BCUT2D eigenvalue weighted by Crippen LogP contribution is -2.36. The Morgan fingerprint density at radius 1 is 1.00 bits per heavy atom. The Morgan fingerprint density at radius 3 is 2.38 bits per heavy atom. The normalized spacial score (nSPS) is 29.3. The van der Waals surface area contributed by atoms with Crippen LogP contribution < -0.4 is 0 Å². The van der Waals surface area contributed by atoms with Gasteiger partial charge in [-0.3, -0.25) is 9.69 Å². The van der Waals surface area contributed by atoms with E-state index in [9.17, 15) is 4.79 Å². The standard InChI is InChI=1S/C23H25NO2/c1-2-26-23(25)20-19-12-11-15-7-3-5-9-17(15)21(19)24-14-13-16-8-4-6-10-18(16)22(20)24/h3-10,19-22H,2,11-14H2,1H3/t19-,20-,21-,22-/m1/s1. The van der Waals surface area contributed by atoms with Gasteiger partial charge in [0.25, 0.3) is 0 Å². The summed E-state index contributed by atoms with van der Waals surface area (Å²) < 4.78 is 5.56. The fourth-order valence-corrected chi connectivity index (χ4v) is 5.67. The van der Waals surface area contributed by atoms with Crippen LogP contribution in [0.15, 0.2) is 48.5 Å². The molecule has 4 atom stereocenters. The van der Waals surface area contributed by atoms with Crippen molar-refractivity contribution in [3.8, 4) is 0 Å². The predicted molar refractivity (Wildman–Crippen MR) is 101 cm³/mol. The number of carbonyl (C=O) groups excluding carboxylic acids is 1. The van der Waals surface area contributed by atoms with Gasteiger partial charge in [-0.2, -0.15) is 0 Å². The number of hydrogen-bond acceptors (Lipinski definition) is 3. The smallest absolute Gasteiger partial charge is 0.311 e. The highest BCUT2D eigenvalue weighted by molar-refractivity contribution is 5.75. The molecule has 3 aliphatic rings. The first kappa shape index (κ1) is 16.1. The molecule has 0 spiro atoms. The van der Waals surface area contributed by atoms with Crippen LogP contribution in [-0.4, -0.2) is 24.0 Å². The zero-order valence-corrected chi connectivity index (χ0v) is 15.2. The van der Waals surface area contributed by atoms with Crippen molar-refractivity contribution in [1.82, 2.24) is 4.90 Å². The van der Waals surface area contributed by atoms with E-state index in [1.807, 2.05) is 6.92 Å². The van der Waals surface area contributed by atoms with E-state index in [0.717, 1.165) is 25.8 Å². The molecule has 0 saturated carbocycles. The lowest BCUT2D eigenvalue weighted by atomic mass is 9.74. The summed E-state index contributed by atoms with van der Waals surface area (Å²) in [6.45, 7) is 3.39. The fourth-order valence-electron chi connectivity index (χ4n) is 5.67. The summed E-state index contributed by atoms with van der Waals surface area (Å²) in [5, 5.41) is 0. The first-order valence-corrected chi connectivity index (χ1v) is 9.87. The molecule has 2 aliphatic heterocycles. The molecule has 0 bridgehead atoms. The minimum Gasteiger partial charge on any atom is -0.466 e. The topological polar surface area (TPSA) is 29.5 Å². The second kappa shape index (κ2) is 6.24.